The van der Waals surface area contributed by atoms with Crippen LogP contribution in [0.1, 0.15) is 22.6 Å². The minimum absolute atomic E-state index is 0.0298. The predicted octanol–water partition coefficient (Wildman–Crippen LogP) is 1.58. The van der Waals surface area contributed by atoms with Crippen LogP contribution in [0.5, 0.6) is 5.75 Å². The van der Waals surface area contributed by atoms with E-state index in [2.05, 4.69) is 10.2 Å². The van der Waals surface area contributed by atoms with Crippen molar-refractivity contribution in [2.24, 2.45) is 0 Å². The summed E-state index contributed by atoms with van der Waals surface area (Å²) in [6, 6.07) is 8.92. The Bertz CT molecular complexity index is 721. The Kier molecular flexibility index (Phi) is 4.44. The predicted molar refractivity (Wildman–Crippen MR) is 84.1 cm³/mol. The molecule has 0 unspecified atom stereocenters. The molecular weight excluding hydrogens is 313 g/mol. The highest BCUT2D eigenvalue weighted by Crippen LogP contribution is 2.24. The lowest BCUT2D eigenvalue weighted by atomic mass is 10.1. The molecule has 1 aliphatic rings. The highest BCUT2D eigenvalue weighted by Gasteiger charge is 2.39. The van der Waals surface area contributed by atoms with Crippen molar-refractivity contribution in [3.05, 3.63) is 53.6 Å². The molecule has 2 heterocycles. The van der Waals surface area contributed by atoms with Gasteiger partial charge in [0.05, 0.1) is 12.2 Å². The average Bonchev–Trinajstić information content (AvgIpc) is 2.97. The molecule has 1 N–H and O–H groups in total. The van der Waals surface area contributed by atoms with Crippen LogP contribution >= 0.6 is 0 Å². The molecular formula is C17H18FN3O3. The molecule has 1 fully saturated rings. The highest BCUT2D eigenvalue weighted by atomic mass is 19.1. The van der Waals surface area contributed by atoms with Gasteiger partial charge in [0.2, 0.25) is 0 Å². The number of aromatic nitrogens is 2. The number of β-amino-alcohol motifs (C(OH)–C–C–N with tert-alkyl or cyclic N) is 1. The third kappa shape index (κ3) is 3.68. The zero-order valence-corrected chi connectivity index (χ0v) is 13.3. The van der Waals surface area contributed by atoms with Gasteiger partial charge in [0.25, 0.3) is 5.91 Å². The number of amides is 1. The fourth-order valence-electron chi connectivity index (χ4n) is 2.57. The quantitative estimate of drug-likeness (QED) is 0.920. The summed E-state index contributed by atoms with van der Waals surface area (Å²) in [6.07, 6.45) is 0.402. The van der Waals surface area contributed by atoms with Gasteiger partial charge in [0.1, 0.15) is 23.8 Å². The van der Waals surface area contributed by atoms with Gasteiger partial charge < -0.3 is 14.7 Å². The number of carbonyl (C=O) groups excluding carboxylic acids is 1. The molecule has 6 nitrogen and oxygen atoms in total. The van der Waals surface area contributed by atoms with Crippen molar-refractivity contribution in [1.82, 2.24) is 15.1 Å². The van der Waals surface area contributed by atoms with E-state index in [1.54, 1.807) is 19.1 Å². The Morgan fingerprint density at radius 3 is 2.71 bits per heavy atom. The van der Waals surface area contributed by atoms with E-state index in [-0.39, 0.29) is 30.6 Å². The number of aliphatic hydroxyl groups is 1. The van der Waals surface area contributed by atoms with Crippen LogP contribution in [0, 0.1) is 12.7 Å². The lowest BCUT2D eigenvalue weighted by Gasteiger charge is -2.23. The smallest absolute Gasteiger partial charge is 0.274 e. The van der Waals surface area contributed by atoms with E-state index < -0.39 is 5.60 Å². The van der Waals surface area contributed by atoms with Crippen LogP contribution in [-0.2, 0) is 0 Å². The van der Waals surface area contributed by atoms with Crippen LogP contribution in [0.2, 0.25) is 0 Å². The molecule has 126 valence electrons. The van der Waals surface area contributed by atoms with Gasteiger partial charge in [-0.25, -0.2) is 4.39 Å². The van der Waals surface area contributed by atoms with Crippen LogP contribution in [-0.4, -0.2) is 51.4 Å². The van der Waals surface area contributed by atoms with Crippen LogP contribution in [0.4, 0.5) is 4.39 Å². The second-order valence-corrected chi connectivity index (χ2v) is 6.00. The van der Waals surface area contributed by atoms with Gasteiger partial charge in [-0.3, -0.25) is 4.79 Å². The number of carbonyl (C=O) groups is 1. The monoisotopic (exact) mass is 331 g/mol. The van der Waals surface area contributed by atoms with E-state index in [9.17, 15) is 14.3 Å². The van der Waals surface area contributed by atoms with Crippen molar-refractivity contribution < 1.29 is 19.0 Å². The molecule has 2 aromatic rings. The maximum absolute atomic E-state index is 12.9. The summed E-state index contributed by atoms with van der Waals surface area (Å²) < 4.78 is 18.4. The van der Waals surface area contributed by atoms with Gasteiger partial charge in [-0.15, -0.1) is 5.10 Å². The van der Waals surface area contributed by atoms with E-state index in [1.807, 2.05) is 0 Å². The zero-order valence-electron chi connectivity index (χ0n) is 13.3. The van der Waals surface area contributed by atoms with Crippen molar-refractivity contribution in [2.75, 3.05) is 19.7 Å². The number of hydrogen-bond acceptors (Lipinski definition) is 5. The average molecular weight is 331 g/mol. The molecule has 1 aliphatic heterocycles. The lowest BCUT2D eigenvalue weighted by molar-refractivity contribution is 0.00422. The summed E-state index contributed by atoms with van der Waals surface area (Å²) in [5.41, 5.74) is -0.149. The summed E-state index contributed by atoms with van der Waals surface area (Å²) in [5.74, 6) is -0.142. The van der Waals surface area contributed by atoms with Crippen molar-refractivity contribution in [3.8, 4) is 5.75 Å². The van der Waals surface area contributed by atoms with Crippen LogP contribution in [0.25, 0.3) is 0 Å². The van der Waals surface area contributed by atoms with E-state index in [4.69, 9.17) is 4.74 Å². The first-order valence-electron chi connectivity index (χ1n) is 7.66. The summed E-state index contributed by atoms with van der Waals surface area (Å²) in [5, 5.41) is 18.3. The van der Waals surface area contributed by atoms with E-state index in [0.717, 1.165) is 5.69 Å². The molecule has 7 heteroatoms. The second kappa shape index (κ2) is 6.52. The number of halogens is 1. The maximum Gasteiger partial charge on any atom is 0.274 e. The highest BCUT2D eigenvalue weighted by molar-refractivity contribution is 5.92. The first-order chi connectivity index (χ1) is 11.5. The number of benzene rings is 1. The van der Waals surface area contributed by atoms with Crippen LogP contribution < -0.4 is 4.74 Å². The molecule has 0 aliphatic carbocycles. The van der Waals surface area contributed by atoms with Crippen molar-refractivity contribution >= 4 is 5.91 Å². The molecule has 24 heavy (non-hydrogen) atoms. The Hall–Kier alpha value is -2.54. The van der Waals surface area contributed by atoms with Gasteiger partial charge in [-0.2, -0.15) is 5.10 Å². The minimum atomic E-state index is -1.14. The van der Waals surface area contributed by atoms with Crippen molar-refractivity contribution in [3.63, 3.8) is 0 Å². The number of aryl methyl sites for hydroxylation is 1. The van der Waals surface area contributed by atoms with E-state index >= 15 is 0 Å². The number of hydrogen-bond donors (Lipinski definition) is 1. The molecule has 1 amide bonds. The second-order valence-electron chi connectivity index (χ2n) is 6.00. The summed E-state index contributed by atoms with van der Waals surface area (Å²) in [7, 11) is 0. The summed E-state index contributed by atoms with van der Waals surface area (Å²) >= 11 is 0. The van der Waals surface area contributed by atoms with Gasteiger partial charge in [-0.1, -0.05) is 0 Å². The SMILES string of the molecule is Cc1ccc(C(=O)N2CC[C@](O)(COc3ccc(F)cc3)C2)nn1. The number of likely N-dealkylation sites (tertiary alicyclic amines) is 1. The summed E-state index contributed by atoms with van der Waals surface area (Å²) in [4.78, 5) is 13.9. The molecule has 1 saturated heterocycles. The summed E-state index contributed by atoms with van der Waals surface area (Å²) in [6.45, 7) is 2.39. The van der Waals surface area contributed by atoms with Crippen molar-refractivity contribution in [2.45, 2.75) is 18.9 Å². The molecule has 0 spiro atoms. The Labute approximate surface area is 138 Å². The molecule has 1 aromatic carbocycles. The van der Waals surface area contributed by atoms with Crippen LogP contribution in [0.15, 0.2) is 36.4 Å². The fourth-order valence-corrected chi connectivity index (χ4v) is 2.57. The Morgan fingerprint density at radius 2 is 2.04 bits per heavy atom. The first kappa shape index (κ1) is 16.3. The zero-order chi connectivity index (χ0) is 17.2. The third-order valence-electron chi connectivity index (χ3n) is 3.96. The van der Waals surface area contributed by atoms with Gasteiger partial charge in [-0.05, 0) is 49.7 Å². The minimum Gasteiger partial charge on any atom is -0.491 e. The van der Waals surface area contributed by atoms with Gasteiger partial charge >= 0.3 is 0 Å². The van der Waals surface area contributed by atoms with Gasteiger partial charge in [0, 0.05) is 6.54 Å². The third-order valence-corrected chi connectivity index (χ3v) is 3.96. The first-order valence-corrected chi connectivity index (χ1v) is 7.66. The van der Waals surface area contributed by atoms with Crippen LogP contribution in [0.3, 0.4) is 0 Å². The van der Waals surface area contributed by atoms with E-state index in [1.165, 1.54) is 29.2 Å². The van der Waals surface area contributed by atoms with E-state index in [0.29, 0.717) is 18.7 Å². The Balaban J connectivity index is 1.59. The Morgan fingerprint density at radius 1 is 1.29 bits per heavy atom. The standard InChI is InChI=1S/C17H18FN3O3/c1-12-2-7-15(20-19-12)16(22)21-9-8-17(23,10-21)11-24-14-5-3-13(18)4-6-14/h2-7,23H,8-11H2,1H3/t17-/m1/s1. The molecule has 0 radical (unpaired) electrons. The number of nitrogens with zero attached hydrogens (tertiary/aromatic N) is 3. The van der Waals surface area contributed by atoms with Crippen molar-refractivity contribution in [1.29, 1.82) is 0 Å². The molecule has 0 bridgehead atoms. The largest absolute Gasteiger partial charge is 0.491 e. The molecule has 0 saturated carbocycles. The number of ether oxygens (including phenoxy) is 1. The topological polar surface area (TPSA) is 75.6 Å². The lowest BCUT2D eigenvalue weighted by Crippen LogP contribution is -2.40. The maximum atomic E-state index is 12.9. The normalized spacial score (nSPS) is 20.2. The molecule has 1 aromatic heterocycles. The molecule has 3 rings (SSSR count). The number of rotatable bonds is 4. The fraction of sp³-hybridized carbons (Fsp3) is 0.353. The van der Waals surface area contributed by atoms with Gasteiger partial charge in [0.15, 0.2) is 5.69 Å². The molecule has 1 atom stereocenters.